The van der Waals surface area contributed by atoms with Crippen molar-refractivity contribution in [3.63, 3.8) is 0 Å². The van der Waals surface area contributed by atoms with Crippen LogP contribution in [0.5, 0.6) is 0 Å². The van der Waals surface area contributed by atoms with Gasteiger partial charge in [0, 0.05) is 0 Å². The molecule has 60 valence electrons. The van der Waals surface area contributed by atoms with E-state index < -0.39 is 12.1 Å². The Bertz CT molecular complexity index is 99.9. The number of hydrogen-bond acceptors (Lipinski definition) is 0. The third kappa shape index (κ3) is 1.89. The summed E-state index contributed by atoms with van der Waals surface area (Å²) in [6.07, 6.45) is -0.742. The van der Waals surface area contributed by atoms with Crippen LogP contribution in [0.25, 0.3) is 0 Å². The molecule has 0 saturated heterocycles. The summed E-state index contributed by atoms with van der Waals surface area (Å²) < 4.78 is 35.8. The van der Waals surface area contributed by atoms with Gasteiger partial charge in [-0.3, -0.25) is 0 Å². The average molecular weight is 152 g/mol. The van der Waals surface area contributed by atoms with Gasteiger partial charge in [-0.05, 0) is 12.8 Å². The molecular weight excluding hydrogens is 141 g/mol. The molecule has 0 unspecified atom stereocenters. The smallest absolute Gasteiger partial charge is 0.171 e. The molecule has 0 aromatic carbocycles. The van der Waals surface area contributed by atoms with E-state index in [-0.39, 0.29) is 0 Å². The molecule has 1 rings (SSSR count). The van der Waals surface area contributed by atoms with Crippen molar-refractivity contribution in [2.45, 2.75) is 38.3 Å². The molecule has 0 aromatic rings. The predicted molar refractivity (Wildman–Crippen MR) is 32.6 cm³/mol. The summed E-state index contributed by atoms with van der Waals surface area (Å²) >= 11 is 0. The molecule has 1 aliphatic carbocycles. The molecule has 0 aromatic heterocycles. The lowest BCUT2D eigenvalue weighted by molar-refractivity contribution is -0.181. The molecule has 10 heavy (non-hydrogen) atoms. The number of alkyl halides is 3. The van der Waals surface area contributed by atoms with E-state index in [2.05, 4.69) is 0 Å². The van der Waals surface area contributed by atoms with Gasteiger partial charge in [0.1, 0.15) is 0 Å². The minimum atomic E-state index is -3.93. The molecule has 0 aliphatic heterocycles. The summed E-state index contributed by atoms with van der Waals surface area (Å²) in [6, 6.07) is 0. The summed E-state index contributed by atoms with van der Waals surface area (Å²) in [5, 5.41) is 0. The summed E-state index contributed by atoms with van der Waals surface area (Å²) in [6.45, 7) is 0. The fourth-order valence-corrected chi connectivity index (χ4v) is 1.43. The second kappa shape index (κ2) is 2.81. The summed E-state index contributed by atoms with van der Waals surface area (Å²) in [5.74, 6) is -0.999. The molecule has 0 nitrogen and oxygen atoms in total. The van der Waals surface area contributed by atoms with Crippen molar-refractivity contribution < 1.29 is 13.2 Å². The van der Waals surface area contributed by atoms with E-state index in [9.17, 15) is 13.2 Å². The first-order chi connectivity index (χ1) is 4.61. The van der Waals surface area contributed by atoms with Crippen molar-refractivity contribution in [3.05, 3.63) is 0 Å². The minimum Gasteiger partial charge on any atom is -0.171 e. The second-order valence-corrected chi connectivity index (χ2v) is 2.88. The molecule has 0 N–H and O–H groups in total. The van der Waals surface area contributed by atoms with Crippen LogP contribution in [-0.2, 0) is 0 Å². The molecular formula is C7H11F3. The van der Waals surface area contributed by atoms with Crippen LogP contribution in [0.4, 0.5) is 13.2 Å². The van der Waals surface area contributed by atoms with Gasteiger partial charge >= 0.3 is 6.18 Å². The lowest BCUT2D eigenvalue weighted by Crippen LogP contribution is -2.24. The van der Waals surface area contributed by atoms with Crippen molar-refractivity contribution in [2.24, 2.45) is 5.92 Å². The van der Waals surface area contributed by atoms with Gasteiger partial charge < -0.3 is 0 Å². The van der Waals surface area contributed by atoms with E-state index in [1.807, 2.05) is 0 Å². The van der Waals surface area contributed by atoms with Gasteiger partial charge in [0.2, 0.25) is 0 Å². The van der Waals surface area contributed by atoms with E-state index in [1.165, 1.54) is 0 Å². The Kier molecular flexibility index (Phi) is 2.21. The predicted octanol–water partition coefficient (Wildman–Crippen LogP) is 3.13. The maximum absolute atomic E-state index is 11.9. The third-order valence-electron chi connectivity index (χ3n) is 2.07. The number of hydrogen-bond donors (Lipinski definition) is 0. The average Bonchev–Trinajstić information content (AvgIpc) is 1.88. The van der Waals surface area contributed by atoms with Crippen LogP contribution in [0.15, 0.2) is 0 Å². The van der Waals surface area contributed by atoms with Crippen molar-refractivity contribution in [2.75, 3.05) is 0 Å². The Labute approximate surface area is 58.4 Å². The van der Waals surface area contributed by atoms with Crippen molar-refractivity contribution in [3.8, 4) is 0 Å². The SMILES string of the molecule is FC(F)(F)C1CCCCC1. The topological polar surface area (TPSA) is 0 Å². The highest BCUT2D eigenvalue weighted by Gasteiger charge is 2.39. The van der Waals surface area contributed by atoms with E-state index in [1.54, 1.807) is 0 Å². The van der Waals surface area contributed by atoms with Gasteiger partial charge in [0.15, 0.2) is 0 Å². The second-order valence-electron chi connectivity index (χ2n) is 2.88. The lowest BCUT2D eigenvalue weighted by atomic mass is 9.89. The molecule has 0 atom stereocenters. The lowest BCUT2D eigenvalue weighted by Gasteiger charge is -2.23. The highest BCUT2D eigenvalue weighted by molar-refractivity contribution is 4.71. The van der Waals surface area contributed by atoms with Crippen molar-refractivity contribution >= 4 is 0 Å². The summed E-state index contributed by atoms with van der Waals surface area (Å²) in [5.41, 5.74) is 0. The van der Waals surface area contributed by atoms with Crippen LogP contribution in [-0.4, -0.2) is 6.18 Å². The van der Waals surface area contributed by atoms with Gasteiger partial charge in [0.25, 0.3) is 0 Å². The Hall–Kier alpha value is -0.210. The zero-order valence-corrected chi connectivity index (χ0v) is 5.75. The first-order valence-corrected chi connectivity index (χ1v) is 3.67. The van der Waals surface area contributed by atoms with Crippen LogP contribution in [0.3, 0.4) is 0 Å². The Balaban J connectivity index is 2.39. The third-order valence-corrected chi connectivity index (χ3v) is 2.07. The maximum Gasteiger partial charge on any atom is 0.391 e. The van der Waals surface area contributed by atoms with Crippen LogP contribution in [0.2, 0.25) is 0 Å². The Morgan fingerprint density at radius 1 is 0.900 bits per heavy atom. The fourth-order valence-electron chi connectivity index (χ4n) is 1.43. The number of rotatable bonds is 0. The first-order valence-electron chi connectivity index (χ1n) is 3.67. The molecule has 1 aliphatic rings. The minimum absolute atomic E-state index is 0.351. The molecule has 0 radical (unpaired) electrons. The fraction of sp³-hybridized carbons (Fsp3) is 1.00. The standard InChI is InChI=1S/C7H11F3/c8-7(9,10)6-4-2-1-3-5-6/h6H,1-5H2. The first kappa shape index (κ1) is 7.89. The molecule has 1 fully saturated rings. The maximum atomic E-state index is 11.9. The van der Waals surface area contributed by atoms with Crippen molar-refractivity contribution in [1.29, 1.82) is 0 Å². The zero-order valence-electron chi connectivity index (χ0n) is 5.75. The van der Waals surface area contributed by atoms with Gasteiger partial charge in [-0.2, -0.15) is 13.2 Å². The molecule has 0 amide bonds. The molecule has 0 heterocycles. The molecule has 3 heteroatoms. The summed E-state index contributed by atoms with van der Waals surface area (Å²) in [4.78, 5) is 0. The Morgan fingerprint density at radius 2 is 1.40 bits per heavy atom. The van der Waals surface area contributed by atoms with E-state index in [0.717, 1.165) is 19.3 Å². The molecule has 0 spiro atoms. The monoisotopic (exact) mass is 152 g/mol. The van der Waals surface area contributed by atoms with E-state index >= 15 is 0 Å². The van der Waals surface area contributed by atoms with Crippen LogP contribution >= 0.6 is 0 Å². The largest absolute Gasteiger partial charge is 0.391 e. The van der Waals surface area contributed by atoms with E-state index in [4.69, 9.17) is 0 Å². The van der Waals surface area contributed by atoms with Gasteiger partial charge in [-0.15, -0.1) is 0 Å². The van der Waals surface area contributed by atoms with Crippen LogP contribution in [0, 0.1) is 5.92 Å². The quantitative estimate of drug-likeness (QED) is 0.500. The molecule has 1 saturated carbocycles. The van der Waals surface area contributed by atoms with Gasteiger partial charge in [-0.1, -0.05) is 19.3 Å². The van der Waals surface area contributed by atoms with Gasteiger partial charge in [0.05, 0.1) is 5.92 Å². The van der Waals surface area contributed by atoms with Gasteiger partial charge in [-0.25, -0.2) is 0 Å². The number of halogens is 3. The van der Waals surface area contributed by atoms with Crippen LogP contribution < -0.4 is 0 Å². The molecule has 0 bridgehead atoms. The summed E-state index contributed by atoms with van der Waals surface area (Å²) in [7, 11) is 0. The van der Waals surface area contributed by atoms with E-state index in [0.29, 0.717) is 12.8 Å². The van der Waals surface area contributed by atoms with Crippen molar-refractivity contribution in [1.82, 2.24) is 0 Å². The zero-order chi connectivity index (χ0) is 7.61. The van der Waals surface area contributed by atoms with Crippen LogP contribution in [0.1, 0.15) is 32.1 Å². The normalized spacial score (nSPS) is 23.1. The Morgan fingerprint density at radius 3 is 1.70 bits per heavy atom. The highest BCUT2D eigenvalue weighted by Crippen LogP contribution is 2.37. The highest BCUT2D eigenvalue weighted by atomic mass is 19.4.